The van der Waals surface area contributed by atoms with Gasteiger partial charge in [0.25, 0.3) is 5.56 Å². The van der Waals surface area contributed by atoms with Crippen molar-refractivity contribution in [2.45, 2.75) is 25.9 Å². The van der Waals surface area contributed by atoms with Crippen LogP contribution in [0.5, 0.6) is 0 Å². The second-order valence-electron chi connectivity index (χ2n) is 7.29. The van der Waals surface area contributed by atoms with Crippen molar-refractivity contribution in [3.63, 3.8) is 0 Å². The third-order valence-electron chi connectivity index (χ3n) is 5.21. The van der Waals surface area contributed by atoms with Crippen LogP contribution in [0.3, 0.4) is 0 Å². The van der Waals surface area contributed by atoms with Crippen molar-refractivity contribution in [2.75, 3.05) is 0 Å². The monoisotopic (exact) mass is 397 g/mol. The van der Waals surface area contributed by atoms with E-state index in [1.807, 2.05) is 49.4 Å². The van der Waals surface area contributed by atoms with Gasteiger partial charge in [-0.15, -0.1) is 0 Å². The average molecular weight is 397 g/mol. The fourth-order valence-electron chi connectivity index (χ4n) is 3.48. The number of benzene rings is 3. The van der Waals surface area contributed by atoms with Crippen LogP contribution in [-0.4, -0.2) is 15.5 Å². The second-order valence-corrected chi connectivity index (χ2v) is 7.29. The molecule has 1 heterocycles. The van der Waals surface area contributed by atoms with Crippen LogP contribution in [-0.2, 0) is 11.3 Å². The first-order chi connectivity index (χ1) is 14.6. The molecule has 4 aromatic rings. The van der Waals surface area contributed by atoms with Gasteiger partial charge in [-0.2, -0.15) is 0 Å². The molecule has 1 atom stereocenters. The molecule has 5 nitrogen and oxygen atoms in total. The molecular weight excluding hydrogens is 374 g/mol. The van der Waals surface area contributed by atoms with E-state index in [-0.39, 0.29) is 23.9 Å². The first-order valence-corrected chi connectivity index (χ1v) is 10.0. The summed E-state index contributed by atoms with van der Waals surface area (Å²) in [5, 5.41) is 3.57. The molecule has 0 saturated carbocycles. The van der Waals surface area contributed by atoms with Gasteiger partial charge in [0.2, 0.25) is 5.91 Å². The van der Waals surface area contributed by atoms with Crippen molar-refractivity contribution >= 4 is 16.8 Å². The molecule has 1 aromatic heterocycles. The van der Waals surface area contributed by atoms with E-state index in [1.54, 1.807) is 12.1 Å². The standard InChI is InChI=1S/C25H23N3O2/c1-18(19-11-13-21(14-12-19)20-7-3-2-4-8-20)27-24(29)15-16-28-17-26-23-10-6-5-9-22(23)25(28)30/h2-14,17-18H,15-16H2,1H3,(H,27,29)/t18-/m0/s1. The number of carbonyl (C=O) groups is 1. The molecule has 0 unspecified atom stereocenters. The molecule has 0 fully saturated rings. The quantitative estimate of drug-likeness (QED) is 0.527. The van der Waals surface area contributed by atoms with Crippen LogP contribution in [0.1, 0.15) is 24.9 Å². The van der Waals surface area contributed by atoms with Gasteiger partial charge < -0.3 is 5.32 Å². The van der Waals surface area contributed by atoms with Crippen molar-refractivity contribution < 1.29 is 4.79 Å². The number of rotatable bonds is 6. The second kappa shape index (κ2) is 8.74. The number of hydrogen-bond acceptors (Lipinski definition) is 3. The lowest BCUT2D eigenvalue weighted by atomic mass is 10.0. The highest BCUT2D eigenvalue weighted by atomic mass is 16.2. The van der Waals surface area contributed by atoms with E-state index in [0.717, 1.165) is 16.7 Å². The lowest BCUT2D eigenvalue weighted by Gasteiger charge is -2.15. The van der Waals surface area contributed by atoms with Gasteiger partial charge in [-0.25, -0.2) is 4.98 Å². The summed E-state index contributed by atoms with van der Waals surface area (Å²) < 4.78 is 1.49. The first-order valence-electron chi connectivity index (χ1n) is 10.0. The van der Waals surface area contributed by atoms with E-state index >= 15 is 0 Å². The average Bonchev–Trinajstić information content (AvgIpc) is 2.79. The maximum absolute atomic E-state index is 12.5. The number of aromatic nitrogens is 2. The molecule has 0 saturated heterocycles. The molecule has 5 heteroatoms. The molecule has 30 heavy (non-hydrogen) atoms. The van der Waals surface area contributed by atoms with Gasteiger partial charge in [0.05, 0.1) is 23.3 Å². The van der Waals surface area contributed by atoms with Gasteiger partial charge in [-0.05, 0) is 35.7 Å². The van der Waals surface area contributed by atoms with Gasteiger partial charge in [0, 0.05) is 13.0 Å². The van der Waals surface area contributed by atoms with Crippen molar-refractivity contribution in [1.29, 1.82) is 0 Å². The smallest absolute Gasteiger partial charge is 0.261 e. The van der Waals surface area contributed by atoms with Crippen LogP contribution in [0, 0.1) is 0 Å². The third kappa shape index (κ3) is 4.30. The number of para-hydroxylation sites is 1. The van der Waals surface area contributed by atoms with E-state index in [1.165, 1.54) is 10.9 Å². The Balaban J connectivity index is 1.37. The van der Waals surface area contributed by atoms with Gasteiger partial charge in [0.15, 0.2) is 0 Å². The molecule has 3 aromatic carbocycles. The lowest BCUT2D eigenvalue weighted by molar-refractivity contribution is -0.121. The van der Waals surface area contributed by atoms with E-state index in [4.69, 9.17) is 0 Å². The topological polar surface area (TPSA) is 64.0 Å². The van der Waals surface area contributed by atoms with Gasteiger partial charge in [-0.3, -0.25) is 14.2 Å². The number of nitrogens with zero attached hydrogens (tertiary/aromatic N) is 2. The molecule has 0 aliphatic rings. The highest BCUT2D eigenvalue weighted by molar-refractivity contribution is 5.78. The Labute approximate surface area is 175 Å². The number of nitrogens with one attached hydrogen (secondary N) is 1. The molecule has 1 N–H and O–H groups in total. The molecule has 150 valence electrons. The number of hydrogen-bond donors (Lipinski definition) is 1. The lowest BCUT2D eigenvalue weighted by Crippen LogP contribution is -2.29. The summed E-state index contributed by atoms with van der Waals surface area (Å²) in [7, 11) is 0. The number of carbonyl (C=O) groups excluding carboxylic acids is 1. The number of amides is 1. The van der Waals surface area contributed by atoms with Crippen LogP contribution in [0.4, 0.5) is 0 Å². The summed E-state index contributed by atoms with van der Waals surface area (Å²) in [6.45, 7) is 2.25. The third-order valence-corrected chi connectivity index (χ3v) is 5.21. The van der Waals surface area contributed by atoms with Crippen LogP contribution in [0.15, 0.2) is 90.0 Å². The summed E-state index contributed by atoms with van der Waals surface area (Å²) >= 11 is 0. The maximum atomic E-state index is 12.5. The van der Waals surface area contributed by atoms with E-state index < -0.39 is 0 Å². The van der Waals surface area contributed by atoms with E-state index in [0.29, 0.717) is 17.4 Å². The Morgan fingerprint density at radius 1 is 0.933 bits per heavy atom. The zero-order chi connectivity index (χ0) is 20.9. The minimum Gasteiger partial charge on any atom is -0.350 e. The molecule has 0 radical (unpaired) electrons. The van der Waals surface area contributed by atoms with Crippen molar-refractivity contribution in [1.82, 2.24) is 14.9 Å². The summed E-state index contributed by atoms with van der Waals surface area (Å²) in [6, 6.07) is 25.5. The summed E-state index contributed by atoms with van der Waals surface area (Å²) in [5.74, 6) is -0.102. The van der Waals surface area contributed by atoms with Crippen LogP contribution >= 0.6 is 0 Å². The SMILES string of the molecule is C[C@H](NC(=O)CCn1cnc2ccccc2c1=O)c1ccc(-c2ccccc2)cc1. The fourth-order valence-corrected chi connectivity index (χ4v) is 3.48. The van der Waals surface area contributed by atoms with Gasteiger partial charge in [0.1, 0.15) is 0 Å². The number of fused-ring (bicyclic) bond motifs is 1. The van der Waals surface area contributed by atoms with Crippen molar-refractivity contribution in [2.24, 2.45) is 0 Å². The highest BCUT2D eigenvalue weighted by Crippen LogP contribution is 2.21. The van der Waals surface area contributed by atoms with Gasteiger partial charge >= 0.3 is 0 Å². The van der Waals surface area contributed by atoms with Crippen LogP contribution in [0.2, 0.25) is 0 Å². The summed E-state index contributed by atoms with van der Waals surface area (Å²) in [4.78, 5) is 29.2. The molecule has 0 aliphatic heterocycles. The molecular formula is C25H23N3O2. The molecule has 4 rings (SSSR count). The van der Waals surface area contributed by atoms with Crippen LogP contribution in [0.25, 0.3) is 22.0 Å². The predicted octanol–water partition coefficient (Wildman–Crippen LogP) is 4.33. The Morgan fingerprint density at radius 3 is 2.37 bits per heavy atom. The normalized spacial score (nSPS) is 11.9. The Kier molecular flexibility index (Phi) is 5.70. The zero-order valence-corrected chi connectivity index (χ0v) is 16.8. The Bertz CT molecular complexity index is 1210. The number of aryl methyl sites for hydroxylation is 1. The molecule has 1 amide bonds. The molecule has 0 bridgehead atoms. The summed E-state index contributed by atoms with van der Waals surface area (Å²) in [5.41, 5.74) is 3.87. The van der Waals surface area contributed by atoms with Crippen LogP contribution < -0.4 is 10.9 Å². The summed E-state index contributed by atoms with van der Waals surface area (Å²) in [6.07, 6.45) is 1.72. The zero-order valence-electron chi connectivity index (χ0n) is 16.8. The molecule has 0 aliphatic carbocycles. The van der Waals surface area contributed by atoms with Gasteiger partial charge in [-0.1, -0.05) is 66.7 Å². The largest absolute Gasteiger partial charge is 0.350 e. The van der Waals surface area contributed by atoms with E-state index in [9.17, 15) is 9.59 Å². The van der Waals surface area contributed by atoms with E-state index in [2.05, 4.69) is 34.6 Å². The minimum absolute atomic E-state index is 0.102. The molecule has 0 spiro atoms. The predicted molar refractivity (Wildman–Crippen MR) is 119 cm³/mol. The Hall–Kier alpha value is -3.73. The van der Waals surface area contributed by atoms with Crippen molar-refractivity contribution in [3.8, 4) is 11.1 Å². The highest BCUT2D eigenvalue weighted by Gasteiger charge is 2.11. The fraction of sp³-hybridized carbons (Fsp3) is 0.160. The maximum Gasteiger partial charge on any atom is 0.261 e. The van der Waals surface area contributed by atoms with Crippen molar-refractivity contribution in [3.05, 3.63) is 101 Å². The Morgan fingerprint density at radius 2 is 1.60 bits per heavy atom. The first kappa shape index (κ1) is 19.6. The minimum atomic E-state index is -0.127.